The molecule has 0 spiro atoms. The summed E-state index contributed by atoms with van der Waals surface area (Å²) in [6, 6.07) is 91.8. The molecule has 376 valence electrons. The molecule has 10 aromatic rings. The Kier molecular flexibility index (Phi) is 13.0. The lowest BCUT2D eigenvalue weighted by molar-refractivity contribution is 0.971. The summed E-state index contributed by atoms with van der Waals surface area (Å²) < 4.78 is 0. The van der Waals surface area contributed by atoms with Crippen LogP contribution in [-0.4, -0.2) is 0 Å². The number of hydrogen-bond acceptors (Lipinski definition) is 4. The zero-order chi connectivity index (χ0) is 52.4. The number of para-hydroxylation sites is 4. The Morgan fingerprint density at radius 2 is 0.654 bits per heavy atom. The molecule has 0 saturated carbocycles. The van der Waals surface area contributed by atoms with Crippen molar-refractivity contribution in [2.75, 3.05) is 19.6 Å². The summed E-state index contributed by atoms with van der Waals surface area (Å²) in [4.78, 5) is 9.48. The van der Waals surface area contributed by atoms with Crippen LogP contribution in [0.3, 0.4) is 0 Å². The Labute approximate surface area is 459 Å². The van der Waals surface area contributed by atoms with Gasteiger partial charge in [-0.3, -0.25) is 0 Å². The molecule has 0 bridgehead atoms. The fourth-order valence-corrected chi connectivity index (χ4v) is 11.8. The zero-order valence-corrected chi connectivity index (χ0v) is 44.1. The van der Waals surface area contributed by atoms with Crippen LogP contribution in [0.25, 0.3) is 22.3 Å². The van der Waals surface area contributed by atoms with Gasteiger partial charge in [0.05, 0.1) is 11.4 Å². The van der Waals surface area contributed by atoms with Gasteiger partial charge in [0.2, 0.25) is 0 Å². The minimum Gasteiger partial charge on any atom is -0.313 e. The molecule has 2 heterocycles. The summed E-state index contributed by atoms with van der Waals surface area (Å²) in [5.74, 6) is 0.717. The molecule has 4 heteroatoms. The number of nitrogens with zero attached hydrogens (tertiary/aromatic N) is 4. The van der Waals surface area contributed by atoms with Gasteiger partial charge >= 0.3 is 0 Å². The van der Waals surface area contributed by atoms with Crippen molar-refractivity contribution in [3.8, 4) is 22.3 Å². The minimum atomic E-state index is 0.359. The maximum atomic E-state index is 2.43. The lowest BCUT2D eigenvalue weighted by Crippen LogP contribution is -2.14. The zero-order valence-electron chi connectivity index (χ0n) is 44.1. The number of fused-ring (bicyclic) bond motifs is 6. The van der Waals surface area contributed by atoms with E-state index >= 15 is 0 Å². The predicted octanol–water partition coefficient (Wildman–Crippen LogP) is 20.4. The van der Waals surface area contributed by atoms with Gasteiger partial charge in [-0.2, -0.15) is 0 Å². The van der Waals surface area contributed by atoms with E-state index in [0.29, 0.717) is 11.8 Å². The largest absolute Gasteiger partial charge is 0.313 e. The van der Waals surface area contributed by atoms with Crippen LogP contribution in [-0.2, 0) is 0 Å². The Morgan fingerprint density at radius 3 is 1.04 bits per heavy atom. The van der Waals surface area contributed by atoms with E-state index in [1.807, 2.05) is 0 Å². The smallest absolute Gasteiger partial charge is 0.0500 e. The molecular formula is C74H60N4. The highest BCUT2D eigenvalue weighted by molar-refractivity contribution is 5.84. The summed E-state index contributed by atoms with van der Waals surface area (Å²) >= 11 is 0. The average Bonchev–Trinajstić information content (AvgIpc) is 4.12. The van der Waals surface area contributed by atoms with Gasteiger partial charge in [-0.15, -0.1) is 0 Å². The Balaban J connectivity index is 0.000000148. The van der Waals surface area contributed by atoms with Crippen LogP contribution in [0.2, 0.25) is 0 Å². The second-order valence-corrected chi connectivity index (χ2v) is 20.5. The molecular weight excluding hydrogens is 945 g/mol. The van der Waals surface area contributed by atoms with Crippen molar-refractivity contribution in [3.63, 3.8) is 0 Å². The molecule has 0 radical (unpaired) electrons. The molecule has 2 aliphatic heterocycles. The van der Waals surface area contributed by atoms with Crippen molar-refractivity contribution in [2.45, 2.75) is 38.5 Å². The molecule has 0 amide bonds. The number of benzene rings is 10. The van der Waals surface area contributed by atoms with E-state index in [4.69, 9.17) is 0 Å². The number of rotatable bonds is 10. The van der Waals surface area contributed by atoms with Crippen LogP contribution in [0.4, 0.5) is 56.9 Å². The van der Waals surface area contributed by atoms with Crippen molar-refractivity contribution in [3.05, 3.63) is 325 Å². The van der Waals surface area contributed by atoms with E-state index < -0.39 is 0 Å². The van der Waals surface area contributed by atoms with Crippen LogP contribution < -0.4 is 19.6 Å². The molecule has 14 rings (SSSR count). The van der Waals surface area contributed by atoms with Gasteiger partial charge in [0.25, 0.3) is 0 Å². The Morgan fingerprint density at radius 1 is 0.321 bits per heavy atom. The van der Waals surface area contributed by atoms with Gasteiger partial charge < -0.3 is 19.6 Å². The molecule has 0 fully saturated rings. The highest BCUT2D eigenvalue weighted by Gasteiger charge is 2.35. The van der Waals surface area contributed by atoms with Crippen LogP contribution in [0.1, 0.15) is 46.9 Å². The SMILES string of the molecule is C1=CC2C(=CC1)N(c1ccc(-c3ccc(N4C5=CCC=CC5c5ccccc54)cc3)cc1)c1ccccc12.Cc1cccc(N(c2ccccc2)c2ccc(-c3ccc(N(c4ccccc4)c4cccc(C)c4)cc3)cc2)c1. The quantitative estimate of drug-likeness (QED) is 0.127. The normalized spacial score (nSPS) is 15.5. The molecule has 4 aliphatic rings. The summed E-state index contributed by atoms with van der Waals surface area (Å²) in [5.41, 5.74) is 24.8. The summed E-state index contributed by atoms with van der Waals surface area (Å²) in [6.07, 6.45) is 16.0. The third kappa shape index (κ3) is 9.32. The third-order valence-electron chi connectivity index (χ3n) is 15.5. The molecule has 0 saturated heterocycles. The monoisotopic (exact) mass is 1000 g/mol. The topological polar surface area (TPSA) is 13.0 Å². The second-order valence-electron chi connectivity index (χ2n) is 20.5. The summed E-state index contributed by atoms with van der Waals surface area (Å²) in [6.45, 7) is 4.27. The standard InChI is InChI=1S/C38H32N2.C36H28N2/c1-29-11-9-17-37(27-29)39(33-13-5-3-6-14-33)35-23-19-31(20-24-35)32-21-25-36(26-22-32)40(34-15-7-4-8-16-34)38-18-10-12-30(2)28-38;1-5-13-33-29(9-1)30-10-2-6-14-34(30)37(33)27-21-17-25(18-22-27)26-19-23-28(24-20-26)38-35-15-7-3-11-31(35)32-12-4-8-16-36(32)38/h3-28H,1-2H3;1-5,7,9-24,30,32H,6,8H2. The van der Waals surface area contributed by atoms with E-state index in [1.165, 1.54) is 78.7 Å². The van der Waals surface area contributed by atoms with Crippen LogP contribution in [0.5, 0.6) is 0 Å². The van der Waals surface area contributed by atoms with E-state index in [2.05, 4.69) is 325 Å². The van der Waals surface area contributed by atoms with E-state index in [9.17, 15) is 0 Å². The lowest BCUT2D eigenvalue weighted by atomic mass is 9.94. The van der Waals surface area contributed by atoms with Crippen molar-refractivity contribution in [1.29, 1.82) is 0 Å². The summed E-state index contributed by atoms with van der Waals surface area (Å²) in [7, 11) is 0. The fraction of sp³-hybridized carbons (Fsp3) is 0.0811. The average molecular weight is 1010 g/mol. The van der Waals surface area contributed by atoms with Crippen molar-refractivity contribution in [1.82, 2.24) is 0 Å². The van der Waals surface area contributed by atoms with Gasteiger partial charge in [0.1, 0.15) is 0 Å². The molecule has 2 atom stereocenters. The van der Waals surface area contributed by atoms with Crippen LogP contribution in [0, 0.1) is 13.8 Å². The van der Waals surface area contributed by atoms with E-state index in [-0.39, 0.29) is 0 Å². The van der Waals surface area contributed by atoms with Gasteiger partial charge in [-0.05, 0) is 180 Å². The van der Waals surface area contributed by atoms with Crippen molar-refractivity contribution < 1.29 is 0 Å². The van der Waals surface area contributed by atoms with Gasteiger partial charge in [0.15, 0.2) is 0 Å². The number of allylic oxidation sites excluding steroid dienone is 6. The Hall–Kier alpha value is -9.64. The molecule has 10 aromatic carbocycles. The first-order chi connectivity index (χ1) is 38.5. The minimum absolute atomic E-state index is 0.359. The molecule has 0 N–H and O–H groups in total. The molecule has 2 aliphatic carbocycles. The van der Waals surface area contributed by atoms with E-state index in [1.54, 1.807) is 0 Å². The molecule has 4 nitrogen and oxygen atoms in total. The third-order valence-corrected chi connectivity index (χ3v) is 15.5. The van der Waals surface area contributed by atoms with Gasteiger partial charge in [-0.1, -0.05) is 182 Å². The first kappa shape index (κ1) is 48.0. The number of aryl methyl sites for hydroxylation is 2. The second kappa shape index (κ2) is 21.2. The molecule has 2 unspecified atom stereocenters. The van der Waals surface area contributed by atoms with E-state index in [0.717, 1.165) is 47.0 Å². The van der Waals surface area contributed by atoms with Crippen molar-refractivity contribution in [2.24, 2.45) is 0 Å². The lowest BCUT2D eigenvalue weighted by Gasteiger charge is -2.26. The van der Waals surface area contributed by atoms with Gasteiger partial charge in [0, 0.05) is 68.7 Å². The number of hydrogen-bond donors (Lipinski definition) is 0. The fourth-order valence-electron chi connectivity index (χ4n) is 11.8. The van der Waals surface area contributed by atoms with Crippen LogP contribution >= 0.6 is 0 Å². The van der Waals surface area contributed by atoms with Gasteiger partial charge in [-0.25, -0.2) is 0 Å². The summed E-state index contributed by atoms with van der Waals surface area (Å²) in [5, 5.41) is 0. The van der Waals surface area contributed by atoms with Crippen LogP contribution in [0.15, 0.2) is 303 Å². The van der Waals surface area contributed by atoms with Crippen molar-refractivity contribution >= 4 is 56.9 Å². The maximum Gasteiger partial charge on any atom is 0.0500 e. The number of anilines is 10. The molecule has 78 heavy (non-hydrogen) atoms. The maximum absolute atomic E-state index is 2.43. The molecule has 0 aromatic heterocycles. The first-order valence-corrected chi connectivity index (χ1v) is 27.3. The Bertz CT molecular complexity index is 3610. The highest BCUT2D eigenvalue weighted by atomic mass is 15.2. The first-order valence-electron chi connectivity index (χ1n) is 27.3. The predicted molar refractivity (Wildman–Crippen MR) is 329 cm³/mol. The highest BCUT2D eigenvalue weighted by Crippen LogP contribution is 2.51.